The largest absolute Gasteiger partial charge is 0.497 e. The molecule has 0 aliphatic carbocycles. The highest BCUT2D eigenvalue weighted by Gasteiger charge is 2.25. The summed E-state index contributed by atoms with van der Waals surface area (Å²) in [5.41, 5.74) is 1.88. The Hall–Kier alpha value is -2.38. The number of benzene rings is 2. The summed E-state index contributed by atoms with van der Waals surface area (Å²) in [6, 6.07) is 13.9. The summed E-state index contributed by atoms with van der Waals surface area (Å²) in [5.74, 6) is 0.389. The van der Waals surface area contributed by atoms with Gasteiger partial charge in [0.15, 0.2) is 0 Å². The van der Waals surface area contributed by atoms with Crippen molar-refractivity contribution < 1.29 is 17.9 Å². The molecule has 0 radical (unpaired) electrons. The maximum atomic E-state index is 12.7. The van der Waals surface area contributed by atoms with Crippen molar-refractivity contribution in [3.63, 3.8) is 0 Å². The van der Waals surface area contributed by atoms with Gasteiger partial charge in [-0.2, -0.15) is 4.31 Å². The minimum atomic E-state index is -3.70. The van der Waals surface area contributed by atoms with E-state index in [2.05, 4.69) is 5.32 Å². The lowest BCUT2D eigenvalue weighted by Crippen LogP contribution is -2.40. The van der Waals surface area contributed by atoms with Gasteiger partial charge in [-0.25, -0.2) is 8.42 Å². The molecule has 7 heteroatoms. The zero-order chi connectivity index (χ0) is 19.2. The van der Waals surface area contributed by atoms with Crippen LogP contribution in [0.1, 0.15) is 18.1 Å². The summed E-state index contributed by atoms with van der Waals surface area (Å²) < 4.78 is 31.6. The summed E-state index contributed by atoms with van der Waals surface area (Å²) in [6.07, 6.45) is 0. The van der Waals surface area contributed by atoms with Crippen molar-refractivity contribution in [3.05, 3.63) is 59.7 Å². The highest BCUT2D eigenvalue weighted by molar-refractivity contribution is 7.89. The molecule has 0 aromatic heterocycles. The minimum absolute atomic E-state index is 0.188. The number of sulfonamides is 1. The average molecular weight is 376 g/mol. The van der Waals surface area contributed by atoms with Crippen LogP contribution in [0.25, 0.3) is 0 Å². The van der Waals surface area contributed by atoms with Crippen LogP contribution < -0.4 is 10.1 Å². The molecule has 0 aliphatic heterocycles. The number of nitrogens with one attached hydrogen (secondary N) is 1. The normalized spacial score (nSPS) is 11.4. The molecule has 1 amide bonds. The second kappa shape index (κ2) is 8.82. The van der Waals surface area contributed by atoms with Gasteiger partial charge < -0.3 is 10.1 Å². The SMILES string of the molecule is CCN(CC(=O)NCc1ccc(OC)cc1)S(=O)(=O)c1ccc(C)cc1. The molecule has 0 fully saturated rings. The molecular weight excluding hydrogens is 352 g/mol. The molecule has 0 saturated carbocycles. The Kier molecular flexibility index (Phi) is 6.76. The van der Waals surface area contributed by atoms with Crippen LogP contribution in [0.2, 0.25) is 0 Å². The van der Waals surface area contributed by atoms with Crippen LogP contribution in [-0.2, 0) is 21.4 Å². The number of carbonyl (C=O) groups excluding carboxylic acids is 1. The molecule has 2 aromatic rings. The average Bonchev–Trinajstić information content (AvgIpc) is 2.65. The number of aryl methyl sites for hydroxylation is 1. The summed E-state index contributed by atoms with van der Waals surface area (Å²) in [6.45, 7) is 3.92. The molecule has 140 valence electrons. The Balaban J connectivity index is 1.99. The van der Waals surface area contributed by atoms with Gasteiger partial charge in [0.05, 0.1) is 18.6 Å². The maximum Gasteiger partial charge on any atom is 0.243 e. The molecule has 6 nitrogen and oxygen atoms in total. The molecule has 2 aromatic carbocycles. The molecule has 0 spiro atoms. The van der Waals surface area contributed by atoms with Gasteiger partial charge in [0.1, 0.15) is 5.75 Å². The smallest absolute Gasteiger partial charge is 0.243 e. The van der Waals surface area contributed by atoms with Gasteiger partial charge in [0.2, 0.25) is 15.9 Å². The third-order valence-electron chi connectivity index (χ3n) is 3.98. The van der Waals surface area contributed by atoms with Crippen LogP contribution in [0.3, 0.4) is 0 Å². The highest BCUT2D eigenvalue weighted by atomic mass is 32.2. The van der Waals surface area contributed by atoms with E-state index in [1.54, 1.807) is 38.3 Å². The number of hydrogen-bond acceptors (Lipinski definition) is 4. The number of ether oxygens (including phenoxy) is 1. The fourth-order valence-electron chi connectivity index (χ4n) is 2.39. The molecule has 1 N–H and O–H groups in total. The number of methoxy groups -OCH3 is 1. The van der Waals surface area contributed by atoms with Crippen molar-refractivity contribution in [3.8, 4) is 5.75 Å². The van der Waals surface area contributed by atoms with Gasteiger partial charge >= 0.3 is 0 Å². The second-order valence-corrected chi connectivity index (χ2v) is 7.81. The van der Waals surface area contributed by atoms with Crippen LogP contribution >= 0.6 is 0 Å². The van der Waals surface area contributed by atoms with E-state index >= 15 is 0 Å². The first kappa shape index (κ1) is 19.9. The van der Waals surface area contributed by atoms with Crippen molar-refractivity contribution in [2.45, 2.75) is 25.3 Å². The first-order valence-electron chi connectivity index (χ1n) is 8.33. The van der Waals surface area contributed by atoms with Gasteiger partial charge in [0, 0.05) is 13.1 Å². The van der Waals surface area contributed by atoms with Crippen molar-refractivity contribution in [1.82, 2.24) is 9.62 Å². The predicted octanol–water partition coefficient (Wildman–Crippen LogP) is 2.33. The van der Waals surface area contributed by atoms with E-state index < -0.39 is 10.0 Å². The van der Waals surface area contributed by atoms with E-state index in [1.165, 1.54) is 4.31 Å². The summed E-state index contributed by atoms with van der Waals surface area (Å²) >= 11 is 0. The van der Waals surface area contributed by atoms with Gasteiger partial charge in [-0.1, -0.05) is 36.8 Å². The molecule has 0 heterocycles. The number of likely N-dealkylation sites (N-methyl/N-ethyl adjacent to an activating group) is 1. The monoisotopic (exact) mass is 376 g/mol. The van der Waals surface area contributed by atoms with Crippen molar-refractivity contribution in [1.29, 1.82) is 0 Å². The van der Waals surface area contributed by atoms with Crippen molar-refractivity contribution in [2.75, 3.05) is 20.2 Å². The fraction of sp³-hybridized carbons (Fsp3) is 0.316. The molecule has 0 saturated heterocycles. The van der Waals surface area contributed by atoms with E-state index in [1.807, 2.05) is 31.2 Å². The van der Waals surface area contributed by atoms with Gasteiger partial charge in [0.25, 0.3) is 0 Å². The van der Waals surface area contributed by atoms with Gasteiger partial charge in [-0.05, 0) is 36.8 Å². The van der Waals surface area contributed by atoms with Crippen LogP contribution in [0.5, 0.6) is 5.75 Å². The molecule has 0 bridgehead atoms. The van der Waals surface area contributed by atoms with Gasteiger partial charge in [-0.15, -0.1) is 0 Å². The lowest BCUT2D eigenvalue weighted by atomic mass is 10.2. The lowest BCUT2D eigenvalue weighted by molar-refractivity contribution is -0.121. The van der Waals surface area contributed by atoms with Crippen LogP contribution in [0.4, 0.5) is 0 Å². The topological polar surface area (TPSA) is 75.7 Å². The van der Waals surface area contributed by atoms with Crippen molar-refractivity contribution >= 4 is 15.9 Å². The minimum Gasteiger partial charge on any atom is -0.497 e. The van der Waals surface area contributed by atoms with E-state index in [-0.39, 0.29) is 23.9 Å². The van der Waals surface area contributed by atoms with Gasteiger partial charge in [-0.3, -0.25) is 4.79 Å². The zero-order valence-electron chi connectivity index (χ0n) is 15.2. The summed E-state index contributed by atoms with van der Waals surface area (Å²) in [4.78, 5) is 12.4. The van der Waals surface area contributed by atoms with Crippen LogP contribution in [0.15, 0.2) is 53.4 Å². The number of carbonyl (C=O) groups is 1. The predicted molar refractivity (Wildman–Crippen MR) is 100 cm³/mol. The standard InChI is InChI=1S/C19H24N2O4S/c1-4-21(26(23,24)18-11-5-15(2)6-12-18)14-19(22)20-13-16-7-9-17(25-3)10-8-16/h5-12H,4,13-14H2,1-3H3,(H,20,22). The molecule has 0 aliphatic rings. The molecular formula is C19H24N2O4S. The summed E-state index contributed by atoms with van der Waals surface area (Å²) in [7, 11) is -2.11. The van der Waals surface area contributed by atoms with E-state index in [0.717, 1.165) is 16.9 Å². The fourth-order valence-corrected chi connectivity index (χ4v) is 3.79. The number of rotatable bonds is 8. The Morgan fingerprint density at radius 3 is 2.23 bits per heavy atom. The number of nitrogens with zero attached hydrogens (tertiary/aromatic N) is 1. The first-order valence-corrected chi connectivity index (χ1v) is 9.77. The number of hydrogen-bond donors (Lipinski definition) is 1. The summed E-state index contributed by atoms with van der Waals surface area (Å²) in [5, 5.41) is 2.75. The maximum absolute atomic E-state index is 12.7. The van der Waals surface area contributed by atoms with Crippen molar-refractivity contribution in [2.24, 2.45) is 0 Å². The number of amides is 1. The molecule has 26 heavy (non-hydrogen) atoms. The molecule has 0 unspecified atom stereocenters. The zero-order valence-corrected chi connectivity index (χ0v) is 16.0. The van der Waals surface area contributed by atoms with E-state index in [4.69, 9.17) is 4.74 Å². The lowest BCUT2D eigenvalue weighted by Gasteiger charge is -2.20. The Labute approximate surface area is 154 Å². The highest BCUT2D eigenvalue weighted by Crippen LogP contribution is 2.16. The first-order chi connectivity index (χ1) is 12.4. The van der Waals surface area contributed by atoms with E-state index in [0.29, 0.717) is 6.54 Å². The van der Waals surface area contributed by atoms with E-state index in [9.17, 15) is 13.2 Å². The third kappa shape index (κ3) is 5.06. The quantitative estimate of drug-likeness (QED) is 0.767. The molecule has 0 atom stereocenters. The Morgan fingerprint density at radius 1 is 1.08 bits per heavy atom. The third-order valence-corrected chi connectivity index (χ3v) is 5.92. The van der Waals surface area contributed by atoms with Crippen LogP contribution in [-0.4, -0.2) is 38.8 Å². The van der Waals surface area contributed by atoms with Crippen LogP contribution in [0, 0.1) is 6.92 Å². The molecule has 2 rings (SSSR count). The second-order valence-electron chi connectivity index (χ2n) is 5.87. The Bertz CT molecular complexity index is 831. The Morgan fingerprint density at radius 2 is 1.69 bits per heavy atom.